The van der Waals surface area contributed by atoms with E-state index in [1.165, 1.54) is 10.3 Å². The zero-order valence-electron chi connectivity index (χ0n) is 13.5. The highest BCUT2D eigenvalue weighted by Crippen LogP contribution is 2.25. The number of amides is 3. The molecule has 2 saturated heterocycles. The first-order chi connectivity index (χ1) is 11.7. The Kier molecular flexibility index (Phi) is 3.94. The van der Waals surface area contributed by atoms with Gasteiger partial charge in [0.1, 0.15) is 0 Å². The summed E-state index contributed by atoms with van der Waals surface area (Å²) in [6, 6.07) is 14.0. The molecule has 2 aliphatic heterocycles. The average Bonchev–Trinajstić information content (AvgIpc) is 2.63. The van der Waals surface area contributed by atoms with Gasteiger partial charge in [0, 0.05) is 19.6 Å². The van der Waals surface area contributed by atoms with Crippen molar-refractivity contribution in [3.05, 3.63) is 48.0 Å². The van der Waals surface area contributed by atoms with E-state index in [1.54, 1.807) is 0 Å². The van der Waals surface area contributed by atoms with Crippen LogP contribution in [-0.4, -0.2) is 36.5 Å². The van der Waals surface area contributed by atoms with Gasteiger partial charge in [0.15, 0.2) is 0 Å². The molecule has 5 heteroatoms. The number of nitrogens with zero attached hydrogens (tertiary/aromatic N) is 1. The largest absolute Gasteiger partial charge is 0.334 e. The molecule has 4 rings (SSSR count). The second kappa shape index (κ2) is 6.24. The Balaban J connectivity index is 1.43. The molecule has 2 aromatic carbocycles. The van der Waals surface area contributed by atoms with Crippen LogP contribution in [0.1, 0.15) is 12.0 Å². The Bertz CT molecular complexity index is 789. The monoisotopic (exact) mass is 323 g/mol. The number of nitrogens with one attached hydrogen (secondary N) is 2. The quantitative estimate of drug-likeness (QED) is 0.890. The first-order valence-corrected chi connectivity index (χ1v) is 8.48. The van der Waals surface area contributed by atoms with Gasteiger partial charge in [-0.2, -0.15) is 0 Å². The minimum absolute atomic E-state index is 0.0468. The predicted molar refractivity (Wildman–Crippen MR) is 92.4 cm³/mol. The third kappa shape index (κ3) is 2.87. The molecule has 2 atom stereocenters. The molecule has 3 amide bonds. The number of hydrogen-bond acceptors (Lipinski definition) is 3. The molecule has 2 fully saturated rings. The number of imide groups is 1. The van der Waals surface area contributed by atoms with E-state index in [0.717, 1.165) is 23.9 Å². The third-order valence-corrected chi connectivity index (χ3v) is 5.00. The van der Waals surface area contributed by atoms with E-state index in [1.807, 2.05) is 18.2 Å². The second-order valence-electron chi connectivity index (χ2n) is 6.75. The van der Waals surface area contributed by atoms with E-state index in [-0.39, 0.29) is 17.9 Å². The molecule has 0 aromatic heterocycles. The fraction of sp³-hybridized carbons (Fsp3) is 0.368. The fourth-order valence-electron chi connectivity index (χ4n) is 3.73. The number of benzene rings is 2. The number of hydrogen-bond donors (Lipinski definition) is 2. The second-order valence-corrected chi connectivity index (χ2v) is 6.75. The maximum absolute atomic E-state index is 12.5. The summed E-state index contributed by atoms with van der Waals surface area (Å²) < 4.78 is 0. The SMILES string of the molecule is O=C(NCc1ccc2ccccc2c1)N1CC2CNCC(C2)C1=O. The van der Waals surface area contributed by atoms with Crippen molar-refractivity contribution in [1.29, 1.82) is 0 Å². The minimum Gasteiger partial charge on any atom is -0.334 e. The highest BCUT2D eigenvalue weighted by atomic mass is 16.2. The third-order valence-electron chi connectivity index (χ3n) is 5.00. The summed E-state index contributed by atoms with van der Waals surface area (Å²) in [4.78, 5) is 26.2. The molecule has 2 unspecified atom stereocenters. The minimum atomic E-state index is -0.273. The van der Waals surface area contributed by atoms with Gasteiger partial charge >= 0.3 is 6.03 Å². The van der Waals surface area contributed by atoms with Gasteiger partial charge in [-0.3, -0.25) is 9.69 Å². The topological polar surface area (TPSA) is 61.4 Å². The van der Waals surface area contributed by atoms with Crippen molar-refractivity contribution < 1.29 is 9.59 Å². The molecular formula is C19H21N3O2. The average molecular weight is 323 g/mol. The molecule has 2 aliphatic rings. The van der Waals surface area contributed by atoms with Crippen LogP contribution in [-0.2, 0) is 11.3 Å². The predicted octanol–water partition coefficient (Wildman–Crippen LogP) is 2.12. The Morgan fingerprint density at radius 3 is 2.88 bits per heavy atom. The number of carbonyl (C=O) groups is 2. The molecule has 124 valence electrons. The van der Waals surface area contributed by atoms with Crippen LogP contribution in [0.2, 0.25) is 0 Å². The lowest BCUT2D eigenvalue weighted by Crippen LogP contribution is -2.58. The van der Waals surface area contributed by atoms with Crippen LogP contribution in [0.25, 0.3) is 10.8 Å². The van der Waals surface area contributed by atoms with Crippen molar-refractivity contribution in [2.24, 2.45) is 11.8 Å². The Hall–Kier alpha value is -2.40. The molecule has 24 heavy (non-hydrogen) atoms. The summed E-state index contributed by atoms with van der Waals surface area (Å²) in [6.45, 7) is 2.52. The summed E-state index contributed by atoms with van der Waals surface area (Å²) in [5.74, 6) is 0.284. The van der Waals surface area contributed by atoms with Crippen molar-refractivity contribution in [2.75, 3.05) is 19.6 Å². The first-order valence-electron chi connectivity index (χ1n) is 8.48. The summed E-state index contributed by atoms with van der Waals surface area (Å²) in [5.41, 5.74) is 1.04. The van der Waals surface area contributed by atoms with Gasteiger partial charge in [-0.25, -0.2) is 4.79 Å². The Morgan fingerprint density at radius 2 is 2.00 bits per heavy atom. The first kappa shape index (κ1) is 15.1. The molecule has 0 spiro atoms. The number of rotatable bonds is 2. The van der Waals surface area contributed by atoms with Gasteiger partial charge in [-0.1, -0.05) is 36.4 Å². The molecule has 0 saturated carbocycles. The summed E-state index contributed by atoms with van der Waals surface area (Å²) >= 11 is 0. The molecular weight excluding hydrogens is 302 g/mol. The summed E-state index contributed by atoms with van der Waals surface area (Å²) in [6.07, 6.45) is 0.903. The van der Waals surface area contributed by atoms with Gasteiger partial charge in [0.05, 0.1) is 5.92 Å². The molecule has 0 aliphatic carbocycles. The molecule has 2 aromatic rings. The number of fused-ring (bicyclic) bond motifs is 3. The number of piperidine rings is 2. The van der Waals surface area contributed by atoms with Gasteiger partial charge in [-0.05, 0) is 41.3 Å². The van der Waals surface area contributed by atoms with Gasteiger partial charge in [-0.15, -0.1) is 0 Å². The van der Waals surface area contributed by atoms with E-state index >= 15 is 0 Å². The van der Waals surface area contributed by atoms with Crippen LogP contribution < -0.4 is 10.6 Å². The molecule has 5 nitrogen and oxygen atoms in total. The van der Waals surface area contributed by atoms with Crippen molar-refractivity contribution in [2.45, 2.75) is 13.0 Å². The Morgan fingerprint density at radius 1 is 1.17 bits per heavy atom. The summed E-state index contributed by atoms with van der Waals surface area (Å²) in [7, 11) is 0. The van der Waals surface area contributed by atoms with E-state index < -0.39 is 0 Å². The zero-order chi connectivity index (χ0) is 16.5. The van der Waals surface area contributed by atoms with Crippen LogP contribution in [0.4, 0.5) is 4.79 Å². The van der Waals surface area contributed by atoms with Gasteiger partial charge in [0.2, 0.25) is 5.91 Å². The van der Waals surface area contributed by atoms with Crippen molar-refractivity contribution in [1.82, 2.24) is 15.5 Å². The smallest absolute Gasteiger partial charge is 0.324 e. The van der Waals surface area contributed by atoms with Crippen LogP contribution >= 0.6 is 0 Å². The van der Waals surface area contributed by atoms with Crippen LogP contribution in [0.5, 0.6) is 0 Å². The number of likely N-dealkylation sites (tertiary alicyclic amines) is 1. The van der Waals surface area contributed by atoms with E-state index in [4.69, 9.17) is 0 Å². The highest BCUT2D eigenvalue weighted by molar-refractivity contribution is 5.96. The lowest BCUT2D eigenvalue weighted by atomic mass is 9.85. The molecule has 2 heterocycles. The highest BCUT2D eigenvalue weighted by Gasteiger charge is 2.39. The van der Waals surface area contributed by atoms with Crippen molar-refractivity contribution >= 4 is 22.7 Å². The Labute approximate surface area is 141 Å². The normalized spacial score (nSPS) is 23.3. The molecule has 2 bridgehead atoms. The standard InChI is InChI=1S/C19H21N3O2/c23-18-17-8-14(9-20-11-17)12-22(18)19(24)21-10-13-5-6-15-3-1-2-4-16(15)7-13/h1-7,14,17,20H,8-12H2,(H,21,24). The van der Waals surface area contributed by atoms with Crippen molar-refractivity contribution in [3.63, 3.8) is 0 Å². The maximum atomic E-state index is 12.5. The molecule has 0 radical (unpaired) electrons. The fourth-order valence-corrected chi connectivity index (χ4v) is 3.73. The van der Waals surface area contributed by atoms with Crippen LogP contribution in [0.3, 0.4) is 0 Å². The van der Waals surface area contributed by atoms with E-state index in [0.29, 0.717) is 25.6 Å². The van der Waals surface area contributed by atoms with E-state index in [9.17, 15) is 9.59 Å². The number of carbonyl (C=O) groups excluding carboxylic acids is 2. The lowest BCUT2D eigenvalue weighted by Gasteiger charge is -2.39. The van der Waals surface area contributed by atoms with Crippen molar-refractivity contribution in [3.8, 4) is 0 Å². The molecule has 2 N–H and O–H groups in total. The van der Waals surface area contributed by atoms with Crippen LogP contribution in [0, 0.1) is 11.8 Å². The van der Waals surface area contributed by atoms with Crippen LogP contribution in [0.15, 0.2) is 42.5 Å². The van der Waals surface area contributed by atoms with E-state index in [2.05, 4.69) is 34.9 Å². The van der Waals surface area contributed by atoms with Gasteiger partial charge < -0.3 is 10.6 Å². The summed E-state index contributed by atoms with van der Waals surface area (Å²) in [5, 5.41) is 8.50. The lowest BCUT2D eigenvalue weighted by molar-refractivity contribution is -0.137. The number of urea groups is 1. The zero-order valence-corrected chi connectivity index (χ0v) is 13.5. The maximum Gasteiger partial charge on any atom is 0.324 e. The van der Waals surface area contributed by atoms with Gasteiger partial charge in [0.25, 0.3) is 0 Å².